The van der Waals surface area contributed by atoms with Crippen molar-refractivity contribution in [3.8, 4) is 0 Å². The third-order valence-electron chi connectivity index (χ3n) is 4.34. The van der Waals surface area contributed by atoms with Crippen molar-refractivity contribution in [2.75, 3.05) is 32.7 Å². The zero-order valence-corrected chi connectivity index (χ0v) is 12.9. The van der Waals surface area contributed by atoms with Gasteiger partial charge in [-0.05, 0) is 25.7 Å². The largest absolute Gasteiger partial charge is 0.338 e. The van der Waals surface area contributed by atoms with E-state index >= 15 is 0 Å². The topological polar surface area (TPSA) is 45.4 Å². The Morgan fingerprint density at radius 1 is 1.15 bits per heavy atom. The molecule has 2 fully saturated rings. The van der Waals surface area contributed by atoms with Gasteiger partial charge < -0.3 is 9.42 Å². The van der Waals surface area contributed by atoms with Crippen molar-refractivity contribution in [2.45, 2.75) is 45.6 Å². The van der Waals surface area contributed by atoms with E-state index in [0.29, 0.717) is 5.92 Å². The Morgan fingerprint density at radius 3 is 2.45 bits per heavy atom. The predicted molar refractivity (Wildman–Crippen MR) is 77.5 cm³/mol. The summed E-state index contributed by atoms with van der Waals surface area (Å²) < 4.78 is 5.46. The molecule has 5 heteroatoms. The van der Waals surface area contributed by atoms with Gasteiger partial charge in [0.15, 0.2) is 5.82 Å². The molecule has 20 heavy (non-hydrogen) atoms. The SMILES string of the molecule is CC(C)CN1CCN(C(C)c2nc(C3CC3)no2)CC1. The molecule has 0 amide bonds. The molecule has 1 aromatic heterocycles. The van der Waals surface area contributed by atoms with Gasteiger partial charge in [0.1, 0.15) is 0 Å². The summed E-state index contributed by atoms with van der Waals surface area (Å²) in [6.07, 6.45) is 2.45. The van der Waals surface area contributed by atoms with E-state index in [1.54, 1.807) is 0 Å². The minimum Gasteiger partial charge on any atom is -0.338 e. The summed E-state index contributed by atoms with van der Waals surface area (Å²) >= 11 is 0. The van der Waals surface area contributed by atoms with E-state index in [1.165, 1.54) is 19.4 Å². The van der Waals surface area contributed by atoms with Crippen LogP contribution in [0.2, 0.25) is 0 Å². The first kappa shape index (κ1) is 14.0. The van der Waals surface area contributed by atoms with Crippen molar-refractivity contribution in [1.29, 1.82) is 0 Å². The second-order valence-electron chi connectivity index (χ2n) is 6.67. The number of hydrogen-bond acceptors (Lipinski definition) is 5. The molecule has 0 spiro atoms. The van der Waals surface area contributed by atoms with E-state index in [1.807, 2.05) is 0 Å². The molecule has 1 aliphatic carbocycles. The summed E-state index contributed by atoms with van der Waals surface area (Å²) in [6.45, 7) is 12.4. The molecule has 0 N–H and O–H groups in total. The summed E-state index contributed by atoms with van der Waals surface area (Å²) in [7, 11) is 0. The van der Waals surface area contributed by atoms with Gasteiger partial charge in [-0.25, -0.2) is 0 Å². The fourth-order valence-electron chi connectivity index (χ4n) is 2.93. The molecule has 2 heterocycles. The Labute approximate surface area is 121 Å². The zero-order valence-electron chi connectivity index (χ0n) is 12.9. The average Bonchev–Trinajstić information content (AvgIpc) is 3.16. The van der Waals surface area contributed by atoms with Crippen LogP contribution >= 0.6 is 0 Å². The van der Waals surface area contributed by atoms with Gasteiger partial charge in [-0.1, -0.05) is 19.0 Å². The van der Waals surface area contributed by atoms with Crippen LogP contribution in [0.1, 0.15) is 57.3 Å². The van der Waals surface area contributed by atoms with E-state index in [2.05, 4.69) is 40.7 Å². The van der Waals surface area contributed by atoms with Crippen LogP contribution in [0.15, 0.2) is 4.52 Å². The lowest BCUT2D eigenvalue weighted by Gasteiger charge is -2.37. The fraction of sp³-hybridized carbons (Fsp3) is 0.867. The number of rotatable bonds is 5. The van der Waals surface area contributed by atoms with Crippen LogP contribution in [0.3, 0.4) is 0 Å². The van der Waals surface area contributed by atoms with Crippen LogP contribution in [-0.2, 0) is 0 Å². The van der Waals surface area contributed by atoms with Crippen molar-refractivity contribution < 1.29 is 4.52 Å². The van der Waals surface area contributed by atoms with E-state index in [4.69, 9.17) is 4.52 Å². The second-order valence-corrected chi connectivity index (χ2v) is 6.67. The van der Waals surface area contributed by atoms with Gasteiger partial charge >= 0.3 is 0 Å². The van der Waals surface area contributed by atoms with Gasteiger partial charge in [0.05, 0.1) is 6.04 Å². The van der Waals surface area contributed by atoms with E-state index < -0.39 is 0 Å². The van der Waals surface area contributed by atoms with Gasteiger partial charge in [-0.15, -0.1) is 0 Å². The first-order valence-electron chi connectivity index (χ1n) is 7.93. The summed E-state index contributed by atoms with van der Waals surface area (Å²) in [5, 5.41) is 4.13. The minimum absolute atomic E-state index is 0.246. The molecule has 1 unspecified atom stereocenters. The summed E-state index contributed by atoms with van der Waals surface area (Å²) in [6, 6.07) is 0.246. The van der Waals surface area contributed by atoms with Gasteiger partial charge in [-0.3, -0.25) is 4.90 Å². The smallest absolute Gasteiger partial charge is 0.243 e. The lowest BCUT2D eigenvalue weighted by molar-refractivity contribution is 0.0821. The van der Waals surface area contributed by atoms with Crippen LogP contribution in [0.4, 0.5) is 0 Å². The molecule has 1 saturated heterocycles. The molecule has 3 rings (SSSR count). The maximum atomic E-state index is 5.46. The molecular weight excluding hydrogens is 252 g/mol. The molecule has 1 saturated carbocycles. The second kappa shape index (κ2) is 5.82. The lowest BCUT2D eigenvalue weighted by Crippen LogP contribution is -2.48. The predicted octanol–water partition coefficient (Wildman–Crippen LogP) is 2.28. The Bertz CT molecular complexity index is 433. The Balaban J connectivity index is 1.53. The standard InChI is InChI=1S/C15H26N4O/c1-11(2)10-18-6-8-19(9-7-18)12(3)15-16-14(17-20-15)13-4-5-13/h11-13H,4-10H2,1-3H3. The average molecular weight is 278 g/mol. The molecule has 0 bridgehead atoms. The molecule has 1 aromatic rings. The van der Waals surface area contributed by atoms with Crippen molar-refractivity contribution in [3.05, 3.63) is 11.7 Å². The van der Waals surface area contributed by atoms with Crippen LogP contribution in [0, 0.1) is 5.92 Å². The monoisotopic (exact) mass is 278 g/mol. The first-order valence-corrected chi connectivity index (χ1v) is 7.93. The molecule has 112 valence electrons. The Morgan fingerprint density at radius 2 is 1.85 bits per heavy atom. The maximum absolute atomic E-state index is 5.46. The molecular formula is C15H26N4O. The third-order valence-corrected chi connectivity index (χ3v) is 4.34. The third kappa shape index (κ3) is 3.20. The van der Waals surface area contributed by atoms with Crippen molar-refractivity contribution in [1.82, 2.24) is 19.9 Å². The molecule has 1 atom stereocenters. The fourth-order valence-corrected chi connectivity index (χ4v) is 2.93. The Hall–Kier alpha value is -0.940. The number of piperazine rings is 1. The number of hydrogen-bond donors (Lipinski definition) is 0. The number of aromatic nitrogens is 2. The maximum Gasteiger partial charge on any atom is 0.243 e. The van der Waals surface area contributed by atoms with Gasteiger partial charge in [0, 0.05) is 38.6 Å². The molecule has 2 aliphatic rings. The lowest BCUT2D eigenvalue weighted by atomic mass is 10.1. The van der Waals surface area contributed by atoms with Gasteiger partial charge in [0.2, 0.25) is 5.89 Å². The van der Waals surface area contributed by atoms with Crippen LogP contribution < -0.4 is 0 Å². The minimum atomic E-state index is 0.246. The quantitative estimate of drug-likeness (QED) is 0.827. The highest BCUT2D eigenvalue weighted by molar-refractivity contribution is 5.04. The summed E-state index contributed by atoms with van der Waals surface area (Å²) in [4.78, 5) is 9.59. The normalized spacial score (nSPS) is 23.4. The Kier molecular flexibility index (Phi) is 4.08. The van der Waals surface area contributed by atoms with Crippen molar-refractivity contribution >= 4 is 0 Å². The highest BCUT2D eigenvalue weighted by atomic mass is 16.5. The molecule has 0 radical (unpaired) electrons. The van der Waals surface area contributed by atoms with Gasteiger partial charge in [-0.2, -0.15) is 4.98 Å². The van der Waals surface area contributed by atoms with Crippen LogP contribution in [-0.4, -0.2) is 52.7 Å². The van der Waals surface area contributed by atoms with Crippen LogP contribution in [0.5, 0.6) is 0 Å². The van der Waals surface area contributed by atoms with E-state index in [0.717, 1.165) is 43.8 Å². The van der Waals surface area contributed by atoms with E-state index in [-0.39, 0.29) is 6.04 Å². The van der Waals surface area contributed by atoms with Crippen molar-refractivity contribution in [3.63, 3.8) is 0 Å². The molecule has 0 aromatic carbocycles. The molecule has 1 aliphatic heterocycles. The highest BCUT2D eigenvalue weighted by Crippen LogP contribution is 2.38. The zero-order chi connectivity index (χ0) is 14.1. The first-order chi connectivity index (χ1) is 9.63. The highest BCUT2D eigenvalue weighted by Gasteiger charge is 2.31. The van der Waals surface area contributed by atoms with E-state index in [9.17, 15) is 0 Å². The molecule has 5 nitrogen and oxygen atoms in total. The summed E-state index contributed by atoms with van der Waals surface area (Å²) in [5.74, 6) is 3.04. The summed E-state index contributed by atoms with van der Waals surface area (Å²) in [5.41, 5.74) is 0. The van der Waals surface area contributed by atoms with Gasteiger partial charge in [0.25, 0.3) is 0 Å². The number of nitrogens with zero attached hydrogens (tertiary/aromatic N) is 4. The van der Waals surface area contributed by atoms with Crippen molar-refractivity contribution in [2.24, 2.45) is 5.92 Å². The van der Waals surface area contributed by atoms with Crippen LogP contribution in [0.25, 0.3) is 0 Å².